The summed E-state index contributed by atoms with van der Waals surface area (Å²) in [5, 5.41) is 16.1. The lowest BCUT2D eigenvalue weighted by Crippen LogP contribution is -2.27. The molecule has 0 bridgehead atoms. The number of benzene rings is 3. The molecule has 2 aromatic heterocycles. The Hall–Kier alpha value is -4.30. The molecular formula is C31H30FN3O4. The lowest BCUT2D eigenvalue weighted by molar-refractivity contribution is 0.0729. The van der Waals surface area contributed by atoms with Gasteiger partial charge in [-0.05, 0) is 48.5 Å². The van der Waals surface area contributed by atoms with Crippen LogP contribution in [0.1, 0.15) is 55.5 Å². The van der Waals surface area contributed by atoms with Crippen molar-refractivity contribution in [2.24, 2.45) is 5.41 Å². The van der Waals surface area contributed by atoms with Crippen LogP contribution in [-0.4, -0.2) is 37.9 Å². The van der Waals surface area contributed by atoms with Crippen molar-refractivity contribution in [3.63, 3.8) is 0 Å². The van der Waals surface area contributed by atoms with E-state index in [0.29, 0.717) is 38.8 Å². The second-order valence-electron chi connectivity index (χ2n) is 11.3. The van der Waals surface area contributed by atoms with E-state index < -0.39 is 22.6 Å². The highest BCUT2D eigenvalue weighted by molar-refractivity contribution is 6.05. The smallest absolute Gasteiger partial charge is 0.343 e. The normalized spacial score (nSPS) is 12.3. The number of hydrogen-bond acceptors (Lipinski definition) is 5. The minimum atomic E-state index is -0.876. The minimum Gasteiger partial charge on any atom is -0.420 e. The number of nitrogens with zero attached hydrogens (tertiary/aromatic N) is 3. The van der Waals surface area contributed by atoms with Gasteiger partial charge in [-0.25, -0.2) is 9.18 Å². The quantitative estimate of drug-likeness (QED) is 0.271. The Labute approximate surface area is 225 Å². The standard InChI is InChI=1S/C31H30FN3O4/c1-30(2,3)29(38)35-24-16-23-25(15-20(24)17-33-35)34(22-13-11-21(32)12-14-22)27(31(4,5)18-36)26(23)39-28(37)19-9-7-6-8-10-19/h6-17,36H,18H2,1-5H3. The van der Waals surface area contributed by atoms with Crippen LogP contribution in [0.2, 0.25) is 0 Å². The predicted molar refractivity (Wildman–Crippen MR) is 148 cm³/mol. The van der Waals surface area contributed by atoms with Gasteiger partial charge >= 0.3 is 5.97 Å². The second-order valence-corrected chi connectivity index (χ2v) is 11.3. The van der Waals surface area contributed by atoms with Crippen LogP contribution >= 0.6 is 0 Å². The highest BCUT2D eigenvalue weighted by Gasteiger charge is 2.34. The van der Waals surface area contributed by atoms with E-state index in [1.807, 2.05) is 51.3 Å². The van der Waals surface area contributed by atoms with E-state index in [2.05, 4.69) is 5.10 Å². The molecule has 0 aliphatic rings. The molecule has 0 saturated heterocycles. The molecule has 5 rings (SSSR count). The number of ether oxygens (including phenoxy) is 1. The van der Waals surface area contributed by atoms with E-state index in [9.17, 15) is 19.1 Å². The molecule has 1 N–H and O–H groups in total. The van der Waals surface area contributed by atoms with Crippen LogP contribution in [-0.2, 0) is 5.41 Å². The summed E-state index contributed by atoms with van der Waals surface area (Å²) < 4.78 is 23.2. The Kier molecular flexibility index (Phi) is 6.39. The number of aliphatic hydroxyl groups is 1. The van der Waals surface area contributed by atoms with E-state index >= 15 is 0 Å². The maximum absolute atomic E-state index is 13.9. The fraction of sp³-hybridized carbons (Fsp3) is 0.258. The molecule has 0 unspecified atom stereocenters. The van der Waals surface area contributed by atoms with Crippen molar-refractivity contribution in [1.82, 2.24) is 14.3 Å². The highest BCUT2D eigenvalue weighted by Crippen LogP contribution is 2.44. The predicted octanol–water partition coefficient (Wildman–Crippen LogP) is 6.29. The molecule has 39 heavy (non-hydrogen) atoms. The summed E-state index contributed by atoms with van der Waals surface area (Å²) in [5.41, 5.74) is 1.18. The number of aliphatic hydroxyl groups excluding tert-OH is 1. The third-order valence-corrected chi connectivity index (χ3v) is 6.77. The first kappa shape index (κ1) is 26.3. The number of esters is 1. The Bertz CT molecular complexity index is 1710. The Morgan fingerprint density at radius 3 is 2.23 bits per heavy atom. The van der Waals surface area contributed by atoms with E-state index in [4.69, 9.17) is 4.74 Å². The topological polar surface area (TPSA) is 86.3 Å². The summed E-state index contributed by atoms with van der Waals surface area (Å²) in [7, 11) is 0. The third-order valence-electron chi connectivity index (χ3n) is 6.77. The summed E-state index contributed by atoms with van der Waals surface area (Å²) in [6, 6.07) is 18.2. The van der Waals surface area contributed by atoms with E-state index in [0.717, 1.165) is 0 Å². The average molecular weight is 528 g/mol. The summed E-state index contributed by atoms with van der Waals surface area (Å²) in [6.07, 6.45) is 1.62. The van der Waals surface area contributed by atoms with E-state index in [1.165, 1.54) is 16.8 Å². The van der Waals surface area contributed by atoms with Crippen LogP contribution in [0.25, 0.3) is 27.5 Å². The van der Waals surface area contributed by atoms with Gasteiger partial charge in [0.1, 0.15) is 5.82 Å². The Morgan fingerprint density at radius 2 is 1.62 bits per heavy atom. The van der Waals surface area contributed by atoms with Crippen molar-refractivity contribution < 1.29 is 23.8 Å². The van der Waals surface area contributed by atoms with Gasteiger partial charge in [0.05, 0.1) is 35.1 Å². The Morgan fingerprint density at radius 1 is 0.949 bits per heavy atom. The molecule has 5 aromatic rings. The summed E-state index contributed by atoms with van der Waals surface area (Å²) in [4.78, 5) is 26.5. The van der Waals surface area contributed by atoms with Crippen molar-refractivity contribution in [3.05, 3.63) is 90.0 Å². The van der Waals surface area contributed by atoms with Crippen LogP contribution in [0.15, 0.2) is 72.9 Å². The molecule has 0 radical (unpaired) electrons. The van der Waals surface area contributed by atoms with Crippen molar-refractivity contribution >= 4 is 33.7 Å². The van der Waals surface area contributed by atoms with Crippen molar-refractivity contribution in [1.29, 1.82) is 0 Å². The molecule has 0 aliphatic carbocycles. The van der Waals surface area contributed by atoms with Crippen LogP contribution in [0.4, 0.5) is 4.39 Å². The monoisotopic (exact) mass is 527 g/mol. The number of carbonyl (C=O) groups excluding carboxylic acids is 2. The zero-order valence-electron chi connectivity index (χ0n) is 22.5. The van der Waals surface area contributed by atoms with Gasteiger partial charge in [-0.1, -0.05) is 52.8 Å². The number of fused-ring (bicyclic) bond motifs is 2. The number of rotatable bonds is 5. The molecule has 0 fully saturated rings. The van der Waals surface area contributed by atoms with Crippen LogP contribution in [0.5, 0.6) is 5.75 Å². The molecule has 3 aromatic carbocycles. The molecule has 0 aliphatic heterocycles. The molecular weight excluding hydrogens is 497 g/mol. The highest BCUT2D eigenvalue weighted by atomic mass is 19.1. The number of halogens is 1. The first-order valence-corrected chi connectivity index (χ1v) is 12.7. The van der Waals surface area contributed by atoms with Gasteiger partial charge in [0, 0.05) is 27.3 Å². The summed E-state index contributed by atoms with van der Waals surface area (Å²) in [5.74, 6) is -0.893. The van der Waals surface area contributed by atoms with Crippen molar-refractivity contribution in [3.8, 4) is 11.4 Å². The van der Waals surface area contributed by atoms with Crippen molar-refractivity contribution in [2.45, 2.75) is 40.0 Å². The maximum Gasteiger partial charge on any atom is 0.343 e. The largest absolute Gasteiger partial charge is 0.420 e. The van der Waals surface area contributed by atoms with E-state index in [1.54, 1.807) is 48.7 Å². The molecule has 2 heterocycles. The fourth-order valence-electron chi connectivity index (χ4n) is 4.63. The Balaban J connectivity index is 1.87. The molecule has 0 amide bonds. The van der Waals surface area contributed by atoms with Gasteiger partial charge in [-0.3, -0.25) is 4.79 Å². The first-order valence-electron chi connectivity index (χ1n) is 12.7. The number of aromatic nitrogens is 3. The van der Waals surface area contributed by atoms with Crippen molar-refractivity contribution in [2.75, 3.05) is 6.61 Å². The van der Waals surface area contributed by atoms with Crippen LogP contribution in [0.3, 0.4) is 0 Å². The average Bonchev–Trinajstić information content (AvgIpc) is 3.46. The molecule has 7 nitrogen and oxygen atoms in total. The number of carbonyl (C=O) groups is 2. The van der Waals surface area contributed by atoms with Gasteiger partial charge in [0.2, 0.25) is 0 Å². The maximum atomic E-state index is 13.9. The zero-order chi connectivity index (χ0) is 28.1. The molecule has 8 heteroatoms. The molecule has 200 valence electrons. The summed E-state index contributed by atoms with van der Waals surface area (Å²) >= 11 is 0. The molecule has 0 saturated carbocycles. The van der Waals surface area contributed by atoms with Crippen LogP contribution < -0.4 is 4.74 Å². The van der Waals surface area contributed by atoms with Gasteiger partial charge in [0.15, 0.2) is 5.75 Å². The molecule has 0 spiro atoms. The van der Waals surface area contributed by atoms with E-state index in [-0.39, 0.29) is 18.3 Å². The zero-order valence-corrected chi connectivity index (χ0v) is 22.5. The number of hydrogen-bond donors (Lipinski definition) is 1. The fourth-order valence-corrected chi connectivity index (χ4v) is 4.63. The first-order chi connectivity index (χ1) is 18.4. The van der Waals surface area contributed by atoms with Gasteiger partial charge in [-0.2, -0.15) is 9.78 Å². The SMILES string of the molecule is CC(C)(C)C(=O)n1ncc2cc3c(cc21)c(OC(=O)c1ccccc1)c(C(C)(C)CO)n3-c1ccc(F)cc1. The minimum absolute atomic E-state index is 0.187. The summed E-state index contributed by atoms with van der Waals surface area (Å²) in [6.45, 7) is 8.89. The van der Waals surface area contributed by atoms with Gasteiger partial charge in [0.25, 0.3) is 5.91 Å². The second kappa shape index (κ2) is 9.47. The van der Waals surface area contributed by atoms with Crippen LogP contribution in [0, 0.1) is 11.2 Å². The van der Waals surface area contributed by atoms with Gasteiger partial charge in [-0.15, -0.1) is 0 Å². The molecule has 0 atom stereocenters. The lowest BCUT2D eigenvalue weighted by Gasteiger charge is -2.26. The van der Waals surface area contributed by atoms with Gasteiger partial charge < -0.3 is 14.4 Å². The third kappa shape index (κ3) is 4.61. The lowest BCUT2D eigenvalue weighted by atomic mass is 9.89.